The molecule has 0 aliphatic rings. The molecule has 3 aromatic carbocycles. The van der Waals surface area contributed by atoms with Gasteiger partial charge >= 0.3 is 12.1 Å². The van der Waals surface area contributed by atoms with Crippen molar-refractivity contribution in [3.05, 3.63) is 104 Å². The Morgan fingerprint density at radius 3 is 2.06 bits per heavy atom. The Bertz CT molecular complexity index is 1810. The third-order valence-corrected chi connectivity index (χ3v) is 7.65. The van der Waals surface area contributed by atoms with Crippen molar-refractivity contribution in [3.8, 4) is 17.2 Å². The van der Waals surface area contributed by atoms with E-state index < -0.39 is 29.1 Å². The monoisotopic (exact) mass is 683 g/mol. The molecular weight excluding hydrogens is 643 g/mol. The van der Waals surface area contributed by atoms with Crippen LogP contribution in [0.3, 0.4) is 0 Å². The molecule has 0 bridgehead atoms. The van der Waals surface area contributed by atoms with E-state index in [1.165, 1.54) is 42.5 Å². The molecule has 4 aromatic rings. The molecule has 48 heavy (non-hydrogen) atoms. The molecule has 0 unspecified atom stereocenters. The molecule has 0 spiro atoms. The maximum atomic E-state index is 14.5. The molecule has 0 aliphatic heterocycles. The number of benzene rings is 3. The van der Waals surface area contributed by atoms with Gasteiger partial charge in [0, 0.05) is 30.7 Å². The van der Waals surface area contributed by atoms with Crippen LogP contribution in [0.5, 0.6) is 17.2 Å². The summed E-state index contributed by atoms with van der Waals surface area (Å²) in [5, 5.41) is 0.196. The number of nitrogens with zero attached hydrogens (tertiary/aromatic N) is 1. The molecular formula is C38H41ClF3NO5. The third kappa shape index (κ3) is 9.51. The summed E-state index contributed by atoms with van der Waals surface area (Å²) in [5.41, 5.74) is 0.669. The van der Waals surface area contributed by atoms with E-state index >= 15 is 0 Å². The molecule has 0 N–H and O–H groups in total. The molecule has 0 saturated carbocycles. The van der Waals surface area contributed by atoms with E-state index in [2.05, 4.69) is 20.8 Å². The Morgan fingerprint density at radius 2 is 1.52 bits per heavy atom. The van der Waals surface area contributed by atoms with Gasteiger partial charge in [-0.05, 0) is 70.9 Å². The van der Waals surface area contributed by atoms with Crippen LogP contribution in [-0.4, -0.2) is 24.0 Å². The zero-order valence-corrected chi connectivity index (χ0v) is 29.0. The summed E-state index contributed by atoms with van der Waals surface area (Å²) in [4.78, 5) is 28.8. The maximum absolute atomic E-state index is 14.5. The highest BCUT2D eigenvalue weighted by Crippen LogP contribution is 2.40. The van der Waals surface area contributed by atoms with Crippen molar-refractivity contribution in [1.82, 2.24) is 4.90 Å². The average molecular weight is 684 g/mol. The SMILES string of the molecule is CC(C)CN(Cc1c(OC(=O)/C=C/c2ccc(C(C)(C)C)cc2)ccc2c(=O)c(Oc3ccc(Cl)cc3)c(C(F)(F)F)oc12)CC(C)C. The average Bonchev–Trinajstić information content (AvgIpc) is 2.98. The zero-order valence-electron chi connectivity index (χ0n) is 28.2. The van der Waals surface area contributed by atoms with Gasteiger partial charge in [0.25, 0.3) is 5.76 Å². The van der Waals surface area contributed by atoms with Crippen LogP contribution < -0.4 is 14.9 Å². The van der Waals surface area contributed by atoms with Gasteiger partial charge in [0.1, 0.15) is 17.1 Å². The number of alkyl halides is 3. The summed E-state index contributed by atoms with van der Waals surface area (Å²) in [7, 11) is 0. The molecule has 0 atom stereocenters. The highest BCUT2D eigenvalue weighted by Gasteiger charge is 2.41. The summed E-state index contributed by atoms with van der Waals surface area (Å²) >= 11 is 5.91. The third-order valence-electron chi connectivity index (χ3n) is 7.40. The Morgan fingerprint density at radius 1 is 0.917 bits per heavy atom. The zero-order chi connectivity index (χ0) is 35.4. The van der Waals surface area contributed by atoms with Crippen molar-refractivity contribution in [2.24, 2.45) is 11.8 Å². The minimum absolute atomic E-state index is 0.0135. The van der Waals surface area contributed by atoms with E-state index in [4.69, 9.17) is 25.5 Å². The van der Waals surface area contributed by atoms with E-state index in [0.29, 0.717) is 18.1 Å². The predicted molar refractivity (Wildman–Crippen MR) is 184 cm³/mol. The summed E-state index contributed by atoms with van der Waals surface area (Å²) in [6.07, 6.45) is -2.23. The van der Waals surface area contributed by atoms with Crippen molar-refractivity contribution in [1.29, 1.82) is 0 Å². The van der Waals surface area contributed by atoms with Crippen molar-refractivity contribution in [3.63, 3.8) is 0 Å². The van der Waals surface area contributed by atoms with E-state index in [-0.39, 0.29) is 51.8 Å². The molecule has 4 rings (SSSR count). The van der Waals surface area contributed by atoms with E-state index in [1.807, 2.05) is 56.9 Å². The molecule has 0 radical (unpaired) electrons. The first kappa shape index (κ1) is 36.8. The minimum atomic E-state index is -5.08. The quantitative estimate of drug-likeness (QED) is 0.0890. The molecule has 10 heteroatoms. The van der Waals surface area contributed by atoms with Crippen molar-refractivity contribution in [2.75, 3.05) is 13.1 Å². The summed E-state index contributed by atoms with van der Waals surface area (Å²) in [6.45, 7) is 15.7. The van der Waals surface area contributed by atoms with Crippen LogP contribution >= 0.6 is 11.6 Å². The van der Waals surface area contributed by atoms with Gasteiger partial charge in [-0.25, -0.2) is 4.79 Å². The van der Waals surface area contributed by atoms with Gasteiger partial charge in [-0.2, -0.15) is 13.2 Å². The smallest absolute Gasteiger partial charge is 0.449 e. The second-order valence-electron chi connectivity index (χ2n) is 13.7. The lowest BCUT2D eigenvalue weighted by atomic mass is 9.87. The lowest BCUT2D eigenvalue weighted by Gasteiger charge is -2.27. The van der Waals surface area contributed by atoms with E-state index in [9.17, 15) is 22.8 Å². The first-order chi connectivity index (χ1) is 22.4. The Balaban J connectivity index is 1.82. The summed E-state index contributed by atoms with van der Waals surface area (Å²) in [6, 6.07) is 16.0. The molecule has 0 saturated heterocycles. The lowest BCUT2D eigenvalue weighted by Crippen LogP contribution is -2.31. The molecule has 0 amide bonds. The van der Waals surface area contributed by atoms with Crippen LogP contribution in [0.25, 0.3) is 17.0 Å². The second-order valence-corrected chi connectivity index (χ2v) is 14.1. The number of hydrogen-bond acceptors (Lipinski definition) is 6. The number of esters is 1. The van der Waals surface area contributed by atoms with Crippen LogP contribution in [0.15, 0.2) is 76.0 Å². The van der Waals surface area contributed by atoms with Crippen LogP contribution in [0, 0.1) is 11.8 Å². The van der Waals surface area contributed by atoms with Crippen LogP contribution in [0.2, 0.25) is 5.02 Å². The van der Waals surface area contributed by atoms with Crippen LogP contribution in [0.4, 0.5) is 13.2 Å². The molecule has 1 aromatic heterocycles. The highest BCUT2D eigenvalue weighted by atomic mass is 35.5. The van der Waals surface area contributed by atoms with Crippen molar-refractivity contribution >= 4 is 34.6 Å². The van der Waals surface area contributed by atoms with E-state index in [0.717, 1.165) is 11.1 Å². The number of hydrogen-bond donors (Lipinski definition) is 0. The molecule has 0 fully saturated rings. The Kier molecular flexibility index (Phi) is 11.5. The topological polar surface area (TPSA) is 69.0 Å². The number of carbonyl (C=O) groups is 1. The first-order valence-electron chi connectivity index (χ1n) is 15.8. The van der Waals surface area contributed by atoms with Crippen molar-refractivity contribution < 1.29 is 31.9 Å². The molecule has 1 heterocycles. The number of carbonyl (C=O) groups excluding carboxylic acids is 1. The highest BCUT2D eigenvalue weighted by molar-refractivity contribution is 6.30. The van der Waals surface area contributed by atoms with E-state index in [1.54, 1.807) is 6.08 Å². The minimum Gasteiger partial charge on any atom is -0.449 e. The largest absolute Gasteiger partial charge is 0.453 e. The summed E-state index contributed by atoms with van der Waals surface area (Å²) < 4.78 is 60.2. The molecule has 256 valence electrons. The van der Waals surface area contributed by atoms with Gasteiger partial charge in [0.2, 0.25) is 11.2 Å². The Labute approximate surface area is 284 Å². The lowest BCUT2D eigenvalue weighted by molar-refractivity contribution is -0.154. The van der Waals surface area contributed by atoms with Gasteiger partial charge < -0.3 is 13.9 Å². The second kappa shape index (κ2) is 15.0. The fourth-order valence-electron chi connectivity index (χ4n) is 5.29. The van der Waals surface area contributed by atoms with Gasteiger partial charge in [0.15, 0.2) is 0 Å². The van der Waals surface area contributed by atoms with Gasteiger partial charge in [0.05, 0.1) is 10.9 Å². The predicted octanol–water partition coefficient (Wildman–Crippen LogP) is 10.3. The number of halogens is 4. The number of rotatable bonds is 11. The fourth-order valence-corrected chi connectivity index (χ4v) is 5.41. The maximum Gasteiger partial charge on any atom is 0.453 e. The number of ether oxygens (including phenoxy) is 2. The number of fused-ring (bicyclic) bond motifs is 1. The van der Waals surface area contributed by atoms with Gasteiger partial charge in [-0.3, -0.25) is 9.69 Å². The van der Waals surface area contributed by atoms with Gasteiger partial charge in [-0.1, -0.05) is 84.3 Å². The normalized spacial score (nSPS) is 12.5. The van der Waals surface area contributed by atoms with Crippen molar-refractivity contribution in [2.45, 2.75) is 66.6 Å². The summed E-state index contributed by atoms with van der Waals surface area (Å²) in [5.74, 6) is -2.95. The fraction of sp³-hybridized carbons (Fsp3) is 0.368. The van der Waals surface area contributed by atoms with Gasteiger partial charge in [-0.15, -0.1) is 0 Å². The first-order valence-corrected chi connectivity index (χ1v) is 16.2. The van der Waals surface area contributed by atoms with Crippen LogP contribution in [-0.2, 0) is 22.9 Å². The molecule has 6 nitrogen and oxygen atoms in total. The standard InChI is InChI=1S/C38H41ClF3NO5/c1-23(2)20-43(21-24(3)4)22-30-31(47-32(44)19-10-25-8-11-26(12-9-25)37(5,6)7)18-17-29-33(45)35(36(38(40,41)42)48-34(29)30)46-28-15-13-27(39)14-16-28/h8-19,23-24H,20-22H2,1-7H3/b19-10+. The molecule has 0 aliphatic carbocycles. The Hall–Kier alpha value is -4.08. The van der Waals surface area contributed by atoms with Crippen LogP contribution in [0.1, 0.15) is 70.9 Å².